The average molecular weight is 561 g/mol. The number of aromatic nitrogens is 2. The first kappa shape index (κ1) is 29.6. The molecule has 0 aliphatic heterocycles. The maximum Gasteiger partial charge on any atom is 0.408 e. The van der Waals surface area contributed by atoms with Crippen molar-refractivity contribution in [2.75, 3.05) is 19.4 Å². The zero-order valence-electron chi connectivity index (χ0n) is 24.1. The van der Waals surface area contributed by atoms with Gasteiger partial charge in [0, 0.05) is 31.9 Å². The molecule has 0 unspecified atom stereocenters. The number of amides is 3. The summed E-state index contributed by atoms with van der Waals surface area (Å²) >= 11 is 0. The summed E-state index contributed by atoms with van der Waals surface area (Å²) in [6.45, 7) is 6.13. The molecule has 0 radical (unpaired) electrons. The Morgan fingerprint density at radius 1 is 1.10 bits per heavy atom. The van der Waals surface area contributed by atoms with E-state index in [0.717, 1.165) is 22.3 Å². The predicted octanol–water partition coefficient (Wildman–Crippen LogP) is 3.82. The molecule has 3 atom stereocenters. The highest BCUT2D eigenvalue weighted by Gasteiger charge is 2.39. The minimum atomic E-state index is -1.35. The second-order valence-electron chi connectivity index (χ2n) is 10.8. The monoisotopic (exact) mass is 560 g/mol. The number of carbonyl (C=O) groups is 3. The Hall–Kier alpha value is -4.34. The standard InChI is InChI=1S/C31H40N6O4/c1-5-20(2)26(27(38)33-4)35-28(39)31(3,15-10-17-37-18-16-34-29(37)32)36-30(40)41-19-25-23-13-8-6-11-21(23)22-12-7-9-14-24(22)25/h6-9,11-14,16,18,20,25-26H,5,10,15,17,19H2,1-4H3,(H2,32,34)(H,33,38)(H,35,39)(H,36,40)/t20-,26-,31-/m0/s1. The van der Waals surface area contributed by atoms with E-state index >= 15 is 0 Å². The second-order valence-corrected chi connectivity index (χ2v) is 10.8. The lowest BCUT2D eigenvalue weighted by Crippen LogP contribution is -2.61. The van der Waals surface area contributed by atoms with Crippen molar-refractivity contribution in [1.29, 1.82) is 0 Å². The van der Waals surface area contributed by atoms with Crippen LogP contribution < -0.4 is 21.7 Å². The first-order valence-corrected chi connectivity index (χ1v) is 14.1. The Bertz CT molecular complexity index is 1340. The molecule has 1 aliphatic carbocycles. The molecule has 0 bridgehead atoms. The van der Waals surface area contributed by atoms with Crippen molar-refractivity contribution in [2.45, 2.75) is 64.1 Å². The van der Waals surface area contributed by atoms with E-state index in [1.54, 1.807) is 23.9 Å². The molecule has 3 amide bonds. The number of aryl methyl sites for hydroxylation is 1. The Balaban J connectivity index is 1.49. The summed E-state index contributed by atoms with van der Waals surface area (Å²) in [6.07, 6.45) is 4.15. The number of imidazole rings is 1. The van der Waals surface area contributed by atoms with Gasteiger partial charge in [-0.25, -0.2) is 9.78 Å². The summed E-state index contributed by atoms with van der Waals surface area (Å²) in [5.41, 5.74) is 9.01. The van der Waals surface area contributed by atoms with Gasteiger partial charge >= 0.3 is 6.09 Å². The predicted molar refractivity (Wildman–Crippen MR) is 158 cm³/mol. The Morgan fingerprint density at radius 3 is 2.29 bits per heavy atom. The molecule has 1 heterocycles. The molecule has 4 rings (SSSR count). The highest BCUT2D eigenvalue weighted by molar-refractivity contribution is 5.94. The van der Waals surface area contributed by atoms with Crippen molar-refractivity contribution >= 4 is 23.9 Å². The van der Waals surface area contributed by atoms with Gasteiger partial charge < -0.3 is 31.0 Å². The fourth-order valence-electron chi connectivity index (χ4n) is 5.38. The summed E-state index contributed by atoms with van der Waals surface area (Å²) in [6, 6.07) is 15.5. The molecular weight excluding hydrogens is 520 g/mol. The van der Waals surface area contributed by atoms with Gasteiger partial charge in [-0.1, -0.05) is 68.8 Å². The van der Waals surface area contributed by atoms with Crippen molar-refractivity contribution in [1.82, 2.24) is 25.5 Å². The van der Waals surface area contributed by atoms with Crippen LogP contribution in [0.3, 0.4) is 0 Å². The molecule has 41 heavy (non-hydrogen) atoms. The van der Waals surface area contributed by atoms with Crippen LogP contribution in [0.25, 0.3) is 11.1 Å². The van der Waals surface area contributed by atoms with Gasteiger partial charge in [0.15, 0.2) is 5.95 Å². The molecule has 10 nitrogen and oxygen atoms in total. The quantitative estimate of drug-likeness (QED) is 0.266. The van der Waals surface area contributed by atoms with Crippen molar-refractivity contribution in [3.8, 4) is 11.1 Å². The number of hydrogen-bond acceptors (Lipinski definition) is 6. The normalized spacial score (nSPS) is 15.1. The van der Waals surface area contributed by atoms with E-state index in [9.17, 15) is 14.4 Å². The number of ether oxygens (including phenoxy) is 1. The van der Waals surface area contributed by atoms with Crippen LogP contribution in [0.15, 0.2) is 60.9 Å². The second kappa shape index (κ2) is 12.9. The highest BCUT2D eigenvalue weighted by Crippen LogP contribution is 2.44. The Morgan fingerprint density at radius 2 is 1.73 bits per heavy atom. The smallest absolute Gasteiger partial charge is 0.408 e. The van der Waals surface area contributed by atoms with Gasteiger partial charge in [0.05, 0.1) is 0 Å². The van der Waals surface area contributed by atoms with Crippen LogP contribution in [0.4, 0.5) is 10.7 Å². The molecule has 10 heteroatoms. The number of carbonyl (C=O) groups excluding carboxylic acids is 3. The van der Waals surface area contributed by atoms with Gasteiger partial charge in [-0.05, 0) is 47.9 Å². The molecule has 0 saturated carbocycles. The van der Waals surface area contributed by atoms with E-state index in [4.69, 9.17) is 10.5 Å². The van der Waals surface area contributed by atoms with Crippen LogP contribution in [0, 0.1) is 5.92 Å². The SMILES string of the molecule is CC[C@H](C)[C@H](NC(=O)[C@](C)(CCCn1ccnc1N)NC(=O)OCC1c2ccccc2-c2ccccc21)C(=O)NC. The summed E-state index contributed by atoms with van der Waals surface area (Å²) in [4.78, 5) is 43.5. The maximum atomic E-state index is 13.7. The van der Waals surface area contributed by atoms with Gasteiger partial charge in [0.2, 0.25) is 11.8 Å². The van der Waals surface area contributed by atoms with E-state index in [0.29, 0.717) is 25.3 Å². The van der Waals surface area contributed by atoms with Crippen molar-refractivity contribution in [2.24, 2.45) is 5.92 Å². The largest absolute Gasteiger partial charge is 0.449 e. The third-order valence-electron chi connectivity index (χ3n) is 8.07. The number of hydrogen-bond donors (Lipinski definition) is 4. The third-order valence-corrected chi connectivity index (χ3v) is 8.07. The lowest BCUT2D eigenvalue weighted by molar-refractivity contribution is -0.133. The highest BCUT2D eigenvalue weighted by atomic mass is 16.5. The number of fused-ring (bicyclic) bond motifs is 3. The number of alkyl carbamates (subject to hydrolysis) is 1. The third kappa shape index (κ3) is 6.53. The van der Waals surface area contributed by atoms with Gasteiger partial charge in [-0.2, -0.15) is 0 Å². The lowest BCUT2D eigenvalue weighted by atomic mass is 9.92. The first-order valence-electron chi connectivity index (χ1n) is 14.1. The number of rotatable bonds is 12. The van der Waals surface area contributed by atoms with Gasteiger partial charge in [-0.15, -0.1) is 0 Å². The van der Waals surface area contributed by atoms with E-state index in [1.807, 2.05) is 38.1 Å². The zero-order valence-corrected chi connectivity index (χ0v) is 24.1. The average Bonchev–Trinajstić information content (AvgIpc) is 3.54. The molecule has 1 aliphatic rings. The summed E-state index contributed by atoms with van der Waals surface area (Å²) in [5.74, 6) is -0.596. The molecule has 5 N–H and O–H groups in total. The number of nitrogens with two attached hydrogens (primary N) is 1. The Kier molecular flexibility index (Phi) is 9.31. The minimum Gasteiger partial charge on any atom is -0.449 e. The zero-order chi connectivity index (χ0) is 29.6. The minimum absolute atomic E-state index is 0.108. The van der Waals surface area contributed by atoms with Crippen LogP contribution in [0.1, 0.15) is 57.1 Å². The summed E-state index contributed by atoms with van der Waals surface area (Å²) in [5, 5.41) is 8.32. The topological polar surface area (TPSA) is 140 Å². The van der Waals surface area contributed by atoms with Gasteiger partial charge in [0.25, 0.3) is 0 Å². The van der Waals surface area contributed by atoms with E-state index in [1.165, 1.54) is 7.05 Å². The summed E-state index contributed by atoms with van der Waals surface area (Å²) in [7, 11) is 1.54. The number of benzene rings is 2. The van der Waals surface area contributed by atoms with Crippen LogP contribution in [-0.2, 0) is 20.9 Å². The fraction of sp³-hybridized carbons (Fsp3) is 0.419. The van der Waals surface area contributed by atoms with Crippen LogP contribution in [0.2, 0.25) is 0 Å². The van der Waals surface area contributed by atoms with Gasteiger partial charge in [-0.3, -0.25) is 9.59 Å². The van der Waals surface area contributed by atoms with Crippen LogP contribution in [0.5, 0.6) is 0 Å². The van der Waals surface area contributed by atoms with E-state index in [-0.39, 0.29) is 30.8 Å². The van der Waals surface area contributed by atoms with Crippen LogP contribution in [-0.4, -0.2) is 52.7 Å². The molecular formula is C31H40N6O4. The van der Waals surface area contributed by atoms with Crippen LogP contribution >= 0.6 is 0 Å². The molecule has 2 aromatic carbocycles. The molecule has 3 aromatic rings. The number of nitrogens with one attached hydrogen (secondary N) is 3. The maximum absolute atomic E-state index is 13.7. The Labute approximate surface area is 241 Å². The number of anilines is 1. The van der Waals surface area contributed by atoms with Gasteiger partial charge in [0.1, 0.15) is 18.2 Å². The van der Waals surface area contributed by atoms with Crippen molar-refractivity contribution in [3.63, 3.8) is 0 Å². The van der Waals surface area contributed by atoms with Crippen molar-refractivity contribution in [3.05, 3.63) is 72.1 Å². The molecule has 0 saturated heterocycles. The number of nitrogens with zero attached hydrogens (tertiary/aromatic N) is 2. The molecule has 218 valence electrons. The van der Waals surface area contributed by atoms with E-state index in [2.05, 4.69) is 45.2 Å². The van der Waals surface area contributed by atoms with Crippen molar-refractivity contribution < 1.29 is 19.1 Å². The number of likely N-dealkylation sites (N-methyl/N-ethyl adjacent to an activating group) is 1. The lowest BCUT2D eigenvalue weighted by Gasteiger charge is -2.32. The van der Waals surface area contributed by atoms with E-state index < -0.39 is 23.6 Å². The first-order chi connectivity index (χ1) is 19.7. The molecule has 0 fully saturated rings. The number of nitrogen functional groups attached to an aromatic ring is 1. The molecule has 0 spiro atoms. The molecule has 1 aromatic heterocycles. The fourth-order valence-corrected chi connectivity index (χ4v) is 5.38. The summed E-state index contributed by atoms with van der Waals surface area (Å²) < 4.78 is 7.53.